The predicted molar refractivity (Wildman–Crippen MR) is 163 cm³/mol. The number of hydrogen-bond donors (Lipinski definition) is 1. The van der Waals surface area contributed by atoms with Crippen molar-refractivity contribution < 1.29 is 18.8 Å². The molecule has 43 heavy (non-hydrogen) atoms. The molecule has 2 saturated carbocycles. The lowest BCUT2D eigenvalue weighted by atomic mass is 9.64. The highest BCUT2D eigenvalue weighted by molar-refractivity contribution is 5.69. The molecule has 3 atom stereocenters. The van der Waals surface area contributed by atoms with Crippen molar-refractivity contribution in [2.75, 3.05) is 0 Å². The van der Waals surface area contributed by atoms with Crippen molar-refractivity contribution in [1.29, 1.82) is 0 Å². The average molecular weight is 581 g/mol. The summed E-state index contributed by atoms with van der Waals surface area (Å²) in [5.41, 5.74) is 2.91. The average Bonchev–Trinajstić information content (AvgIpc) is 3.73. The van der Waals surface area contributed by atoms with Gasteiger partial charge in [0.05, 0.1) is 5.69 Å². The maximum absolute atomic E-state index is 12.4. The van der Waals surface area contributed by atoms with Crippen LogP contribution in [0, 0.1) is 11.8 Å². The highest BCUT2D eigenvalue weighted by atomic mass is 16.6. The molecule has 1 amide bonds. The van der Waals surface area contributed by atoms with Crippen LogP contribution in [0.3, 0.4) is 0 Å². The van der Waals surface area contributed by atoms with Gasteiger partial charge < -0.3 is 19.3 Å². The lowest BCUT2D eigenvalue weighted by Gasteiger charge is -2.39. The minimum absolute atomic E-state index is 0.0251. The molecule has 1 N–H and O–H groups in total. The Morgan fingerprint density at radius 1 is 0.977 bits per heavy atom. The number of benzene rings is 2. The van der Waals surface area contributed by atoms with Gasteiger partial charge in [-0.05, 0) is 101 Å². The summed E-state index contributed by atoms with van der Waals surface area (Å²) < 4.78 is 17.0. The topological polar surface area (TPSA) is 99.4 Å². The summed E-state index contributed by atoms with van der Waals surface area (Å²) in [7, 11) is 0. The molecule has 2 aliphatic rings. The zero-order chi connectivity index (χ0) is 30.2. The molecule has 2 aromatic heterocycles. The number of aromatic nitrogens is 3. The molecule has 4 aromatic rings. The molecule has 8 heteroatoms. The molecule has 0 saturated heterocycles. The van der Waals surface area contributed by atoms with E-state index in [0.29, 0.717) is 24.2 Å². The molecule has 2 aromatic carbocycles. The monoisotopic (exact) mass is 580 g/mol. The fourth-order valence-corrected chi connectivity index (χ4v) is 6.82. The third kappa shape index (κ3) is 6.01. The number of alkyl carbamates (subject to hydrolysis) is 1. The van der Waals surface area contributed by atoms with E-state index in [4.69, 9.17) is 14.0 Å². The third-order valence-corrected chi connectivity index (χ3v) is 8.76. The smallest absolute Gasteiger partial charge is 0.408 e. The van der Waals surface area contributed by atoms with Crippen LogP contribution < -0.4 is 10.1 Å². The highest BCUT2D eigenvalue weighted by Crippen LogP contribution is 2.60. The van der Waals surface area contributed by atoms with E-state index in [1.165, 1.54) is 30.4 Å². The summed E-state index contributed by atoms with van der Waals surface area (Å²) >= 11 is 0. The van der Waals surface area contributed by atoms with E-state index in [2.05, 4.69) is 69.0 Å². The van der Waals surface area contributed by atoms with E-state index in [-0.39, 0.29) is 5.41 Å². The summed E-state index contributed by atoms with van der Waals surface area (Å²) in [5.74, 6) is 3.01. The van der Waals surface area contributed by atoms with Crippen LogP contribution in [-0.4, -0.2) is 26.8 Å². The number of hydrogen-bond acceptors (Lipinski definition) is 7. The normalized spacial score (nSPS) is 21.5. The summed E-state index contributed by atoms with van der Waals surface area (Å²) in [6.45, 7) is 9.54. The van der Waals surface area contributed by atoms with Crippen LogP contribution in [0.25, 0.3) is 11.4 Å². The molecule has 1 unspecified atom stereocenters. The van der Waals surface area contributed by atoms with Crippen LogP contribution in [-0.2, 0) is 22.3 Å². The number of nitrogens with zero attached hydrogens (tertiary/aromatic N) is 3. The van der Waals surface area contributed by atoms with Gasteiger partial charge in [0.1, 0.15) is 23.5 Å². The van der Waals surface area contributed by atoms with Crippen molar-refractivity contribution in [1.82, 2.24) is 20.4 Å². The molecule has 2 bridgehead atoms. The van der Waals surface area contributed by atoms with Gasteiger partial charge in [0.2, 0.25) is 5.82 Å². The quantitative estimate of drug-likeness (QED) is 0.229. The molecule has 6 rings (SSSR count). The number of rotatable bonds is 8. The number of ether oxygens (including phenoxy) is 2. The van der Waals surface area contributed by atoms with Gasteiger partial charge in [0, 0.05) is 17.2 Å². The standard InChI is InChI=1S/C35H40N4O4/c1-33(2,3)42-32(40)38-34(4,5)31-37-30(39-43-31)24-10-13-25(14-11-24)35(21-23-9-12-27(35)20-23)26-15-17-29(18-16-26)41-22-28-8-6-7-19-36-28/h6-8,10-11,13-19,23,27H,9,12,20-22H2,1-5H3,(H,38,40)/t23?,27-,35+/m1/s1. The largest absolute Gasteiger partial charge is 0.487 e. The van der Waals surface area contributed by atoms with Crippen molar-refractivity contribution in [2.45, 2.75) is 83.5 Å². The maximum Gasteiger partial charge on any atom is 0.408 e. The zero-order valence-electron chi connectivity index (χ0n) is 25.6. The molecular formula is C35H40N4O4. The Morgan fingerprint density at radius 2 is 1.70 bits per heavy atom. The Kier molecular flexibility index (Phi) is 7.48. The van der Waals surface area contributed by atoms with Gasteiger partial charge in [0.15, 0.2) is 0 Å². The lowest BCUT2D eigenvalue weighted by molar-refractivity contribution is 0.0451. The lowest BCUT2D eigenvalue weighted by Crippen LogP contribution is -2.44. The highest BCUT2D eigenvalue weighted by Gasteiger charge is 2.52. The SMILES string of the molecule is CC(C)(C)OC(=O)NC(C)(C)c1nc(-c2ccc([C@]3(c4ccc(OCc5ccccn5)cc4)CC4CC[C@@H]3C4)cc2)no1. The van der Waals surface area contributed by atoms with E-state index < -0.39 is 17.2 Å². The summed E-state index contributed by atoms with van der Waals surface area (Å²) in [6, 6.07) is 23.1. The Labute approximate surface area is 253 Å². The molecule has 0 spiro atoms. The second-order valence-corrected chi connectivity index (χ2v) is 13.4. The number of carbonyl (C=O) groups excluding carboxylic acids is 1. The van der Waals surface area contributed by atoms with Crippen molar-refractivity contribution in [3.8, 4) is 17.1 Å². The fourth-order valence-electron chi connectivity index (χ4n) is 6.82. The van der Waals surface area contributed by atoms with Gasteiger partial charge in [-0.1, -0.05) is 54.0 Å². The van der Waals surface area contributed by atoms with E-state index >= 15 is 0 Å². The number of fused-ring (bicyclic) bond motifs is 2. The molecule has 2 aliphatic carbocycles. The van der Waals surface area contributed by atoms with Crippen molar-refractivity contribution in [2.24, 2.45) is 11.8 Å². The first-order chi connectivity index (χ1) is 20.5. The number of pyridine rings is 1. The van der Waals surface area contributed by atoms with E-state index in [1.54, 1.807) is 6.20 Å². The molecular weight excluding hydrogens is 540 g/mol. The van der Waals surface area contributed by atoms with Gasteiger partial charge in [0.25, 0.3) is 5.89 Å². The Bertz CT molecular complexity index is 1560. The van der Waals surface area contributed by atoms with E-state index in [9.17, 15) is 4.79 Å². The number of carbonyl (C=O) groups is 1. The number of nitrogens with one attached hydrogen (secondary N) is 1. The molecule has 2 fully saturated rings. The van der Waals surface area contributed by atoms with Crippen molar-refractivity contribution in [3.63, 3.8) is 0 Å². The Hall–Kier alpha value is -4.20. The summed E-state index contributed by atoms with van der Waals surface area (Å²) in [6.07, 6.45) is 6.24. The van der Waals surface area contributed by atoms with Gasteiger partial charge in [-0.3, -0.25) is 4.98 Å². The van der Waals surface area contributed by atoms with Crippen molar-refractivity contribution >= 4 is 6.09 Å². The summed E-state index contributed by atoms with van der Waals surface area (Å²) in [4.78, 5) is 21.3. The Morgan fingerprint density at radius 3 is 2.30 bits per heavy atom. The molecule has 2 heterocycles. The second kappa shape index (κ2) is 11.1. The van der Waals surface area contributed by atoms with Crippen LogP contribution in [0.5, 0.6) is 5.75 Å². The third-order valence-electron chi connectivity index (χ3n) is 8.76. The van der Waals surface area contributed by atoms with Crippen LogP contribution in [0.1, 0.15) is 83.0 Å². The minimum atomic E-state index is -0.895. The molecule has 0 aliphatic heterocycles. The van der Waals surface area contributed by atoms with E-state index in [0.717, 1.165) is 29.3 Å². The first-order valence-corrected chi connectivity index (χ1v) is 15.1. The first kappa shape index (κ1) is 28.9. The molecule has 0 radical (unpaired) electrons. The van der Waals surface area contributed by atoms with Gasteiger partial charge >= 0.3 is 6.09 Å². The van der Waals surface area contributed by atoms with E-state index in [1.807, 2.05) is 52.8 Å². The van der Waals surface area contributed by atoms with Crippen LogP contribution in [0.15, 0.2) is 77.4 Å². The van der Waals surface area contributed by atoms with Crippen LogP contribution >= 0.6 is 0 Å². The van der Waals surface area contributed by atoms with Gasteiger partial charge in [-0.25, -0.2) is 4.79 Å². The van der Waals surface area contributed by atoms with Gasteiger partial charge in [-0.15, -0.1) is 0 Å². The predicted octanol–water partition coefficient (Wildman–Crippen LogP) is 7.58. The molecule has 224 valence electrons. The molecule has 8 nitrogen and oxygen atoms in total. The first-order valence-electron chi connectivity index (χ1n) is 15.1. The number of amides is 1. The van der Waals surface area contributed by atoms with Crippen LogP contribution in [0.4, 0.5) is 4.79 Å². The summed E-state index contributed by atoms with van der Waals surface area (Å²) in [5, 5.41) is 7.06. The van der Waals surface area contributed by atoms with Crippen molar-refractivity contribution in [3.05, 3.63) is 95.6 Å². The van der Waals surface area contributed by atoms with Gasteiger partial charge in [-0.2, -0.15) is 4.98 Å². The minimum Gasteiger partial charge on any atom is -0.487 e. The van der Waals surface area contributed by atoms with Crippen LogP contribution in [0.2, 0.25) is 0 Å². The zero-order valence-corrected chi connectivity index (χ0v) is 25.6. The maximum atomic E-state index is 12.4. The second-order valence-electron chi connectivity index (χ2n) is 13.4. The fraction of sp³-hybridized carbons (Fsp3) is 0.429. The Balaban J connectivity index is 1.21.